The number of nitrogens with one attached hydrogen (secondary N) is 3. The van der Waals surface area contributed by atoms with Crippen LogP contribution in [0.2, 0.25) is 5.02 Å². The van der Waals surface area contributed by atoms with Crippen LogP contribution in [0.1, 0.15) is 22.8 Å². The average Bonchev–Trinajstić information content (AvgIpc) is 3.51. The molecule has 3 amide bonds. The quantitative estimate of drug-likeness (QED) is 0.104. The zero-order valence-corrected chi connectivity index (χ0v) is 26.2. The molecule has 1 unspecified atom stereocenters. The van der Waals surface area contributed by atoms with E-state index >= 15 is 0 Å². The zero-order chi connectivity index (χ0) is 31.8. The first-order valence-electron chi connectivity index (χ1n) is 13.7. The van der Waals surface area contributed by atoms with Gasteiger partial charge in [-0.2, -0.15) is 0 Å². The Balaban J connectivity index is 1.28. The number of thioether (sulfide) groups is 1. The topological polar surface area (TPSA) is 100 Å². The Morgan fingerprint density at radius 3 is 2.36 bits per heavy atom. The lowest BCUT2D eigenvalue weighted by molar-refractivity contribution is -0.115. The number of amides is 3. The molecule has 1 aromatic heterocycles. The van der Waals surface area contributed by atoms with Crippen LogP contribution in [-0.4, -0.2) is 28.0 Å². The summed E-state index contributed by atoms with van der Waals surface area (Å²) in [6.07, 6.45) is 1.20. The molecule has 0 fully saturated rings. The van der Waals surface area contributed by atoms with Crippen LogP contribution in [0.4, 0.5) is 15.2 Å². The fraction of sp³-hybridized carbons (Fsp3) is 0.0588. The minimum atomic E-state index is -0.690. The fourth-order valence-corrected chi connectivity index (χ4v) is 5.98. The molecule has 0 saturated carbocycles. The molecule has 0 aliphatic heterocycles. The minimum Gasteiger partial charge on any atom is -0.321 e. The molecule has 45 heavy (non-hydrogen) atoms. The monoisotopic (exact) mass is 656 g/mol. The number of anilines is 2. The lowest BCUT2D eigenvalue weighted by atomic mass is 10.1. The summed E-state index contributed by atoms with van der Waals surface area (Å²) in [4.78, 5) is 44.5. The van der Waals surface area contributed by atoms with E-state index in [4.69, 9.17) is 11.6 Å². The van der Waals surface area contributed by atoms with E-state index < -0.39 is 22.9 Å². The molecule has 3 N–H and O–H groups in total. The maximum Gasteiger partial charge on any atom is 0.272 e. The highest BCUT2D eigenvalue weighted by Gasteiger charge is 2.19. The molecule has 0 aliphatic rings. The van der Waals surface area contributed by atoms with Crippen LogP contribution in [0, 0.1) is 5.82 Å². The van der Waals surface area contributed by atoms with E-state index in [1.165, 1.54) is 47.4 Å². The van der Waals surface area contributed by atoms with E-state index in [-0.39, 0.29) is 22.2 Å². The molecular formula is C34H26ClFN4O3S2. The highest BCUT2D eigenvalue weighted by molar-refractivity contribution is 8.00. The summed E-state index contributed by atoms with van der Waals surface area (Å²) in [6, 6.07) is 29.1. The van der Waals surface area contributed by atoms with Gasteiger partial charge in [-0.3, -0.25) is 14.4 Å². The molecule has 226 valence electrons. The second kappa shape index (κ2) is 14.8. The van der Waals surface area contributed by atoms with E-state index in [9.17, 15) is 18.8 Å². The van der Waals surface area contributed by atoms with Crippen molar-refractivity contribution in [1.82, 2.24) is 10.3 Å². The van der Waals surface area contributed by atoms with Crippen LogP contribution < -0.4 is 16.0 Å². The number of thiazole rings is 1. The molecule has 0 radical (unpaired) electrons. The van der Waals surface area contributed by atoms with Crippen LogP contribution >= 0.6 is 34.7 Å². The molecule has 0 bridgehead atoms. The number of carbonyl (C=O) groups is 3. The van der Waals surface area contributed by atoms with Crippen molar-refractivity contribution >= 4 is 69.3 Å². The number of hydrogen-bond donors (Lipinski definition) is 3. The van der Waals surface area contributed by atoms with Gasteiger partial charge < -0.3 is 16.0 Å². The lowest BCUT2D eigenvalue weighted by Crippen LogP contribution is -2.30. The molecule has 0 aliphatic carbocycles. The Morgan fingerprint density at radius 2 is 1.62 bits per heavy atom. The second-order valence-corrected chi connectivity index (χ2v) is 12.3. The van der Waals surface area contributed by atoms with Crippen molar-refractivity contribution in [3.8, 4) is 11.3 Å². The Hall–Kier alpha value is -4.77. The summed E-state index contributed by atoms with van der Waals surface area (Å²) < 4.78 is 14.6. The number of benzene rings is 4. The average molecular weight is 657 g/mol. The number of aromatic nitrogens is 1. The highest BCUT2D eigenvalue weighted by atomic mass is 35.5. The van der Waals surface area contributed by atoms with Crippen LogP contribution in [-0.2, 0) is 9.59 Å². The molecule has 1 heterocycles. The van der Waals surface area contributed by atoms with Gasteiger partial charge in [0.1, 0.15) is 11.5 Å². The van der Waals surface area contributed by atoms with Gasteiger partial charge in [-0.15, -0.1) is 23.1 Å². The smallest absolute Gasteiger partial charge is 0.272 e. The highest BCUT2D eigenvalue weighted by Crippen LogP contribution is 2.29. The van der Waals surface area contributed by atoms with E-state index in [0.29, 0.717) is 16.4 Å². The van der Waals surface area contributed by atoms with Crippen molar-refractivity contribution in [3.05, 3.63) is 136 Å². The molecule has 1 atom stereocenters. The predicted molar refractivity (Wildman–Crippen MR) is 180 cm³/mol. The summed E-state index contributed by atoms with van der Waals surface area (Å²) in [5.41, 5.74) is 2.22. The second-order valence-electron chi connectivity index (χ2n) is 9.65. The number of halogens is 2. The van der Waals surface area contributed by atoms with Crippen LogP contribution in [0.15, 0.2) is 119 Å². The van der Waals surface area contributed by atoms with Gasteiger partial charge >= 0.3 is 0 Å². The van der Waals surface area contributed by atoms with E-state index in [1.54, 1.807) is 55.5 Å². The van der Waals surface area contributed by atoms with Crippen molar-refractivity contribution in [1.29, 1.82) is 0 Å². The van der Waals surface area contributed by atoms with Crippen molar-refractivity contribution < 1.29 is 18.8 Å². The number of nitrogens with zero attached hydrogens (tertiary/aromatic N) is 1. The SMILES string of the molecule is CC(Sc1cccc(NC(=O)/C(=C\c2c(F)cccc2Cl)NC(=O)c2ccccc2)c1)C(=O)Nc1nc(-c2ccccc2)cs1. The van der Waals surface area contributed by atoms with E-state index in [2.05, 4.69) is 20.9 Å². The maximum absolute atomic E-state index is 14.6. The number of carbonyl (C=O) groups excluding carboxylic acids is 3. The summed E-state index contributed by atoms with van der Waals surface area (Å²) in [5.74, 6) is -2.12. The molecule has 0 saturated heterocycles. The van der Waals surface area contributed by atoms with Gasteiger partial charge in [0.25, 0.3) is 11.8 Å². The first-order chi connectivity index (χ1) is 21.8. The Morgan fingerprint density at radius 1 is 0.911 bits per heavy atom. The Kier molecular flexibility index (Phi) is 10.4. The van der Waals surface area contributed by atoms with Crippen molar-refractivity contribution in [2.75, 3.05) is 10.6 Å². The van der Waals surface area contributed by atoms with Gasteiger partial charge in [0, 0.05) is 32.7 Å². The van der Waals surface area contributed by atoms with Gasteiger partial charge in [-0.1, -0.05) is 72.3 Å². The molecule has 4 aromatic carbocycles. The van der Waals surface area contributed by atoms with Gasteiger partial charge in [0.15, 0.2) is 5.13 Å². The third-order valence-electron chi connectivity index (χ3n) is 6.40. The lowest BCUT2D eigenvalue weighted by Gasteiger charge is -2.14. The van der Waals surface area contributed by atoms with Crippen LogP contribution in [0.3, 0.4) is 0 Å². The predicted octanol–water partition coefficient (Wildman–Crippen LogP) is 8.13. The third kappa shape index (κ3) is 8.45. The standard InChI is InChI=1S/C34H26ClFN4O3S2/c1-21(31(41)40-34-39-30(20-44-34)22-10-4-2-5-11-22)45-25-15-8-14-24(18-25)37-33(43)29(19-26-27(35)16-9-17-28(26)36)38-32(42)23-12-6-3-7-13-23/h2-21H,1H3,(H,37,43)(H,38,42)(H,39,40,41)/b29-19+. The maximum atomic E-state index is 14.6. The summed E-state index contributed by atoms with van der Waals surface area (Å²) >= 11 is 8.85. The fourth-order valence-electron chi connectivity index (χ4n) is 4.12. The Bertz CT molecular complexity index is 1850. The third-order valence-corrected chi connectivity index (χ3v) is 8.58. The summed E-state index contributed by atoms with van der Waals surface area (Å²) in [6.45, 7) is 1.77. The Labute approximate surface area is 272 Å². The first-order valence-corrected chi connectivity index (χ1v) is 15.8. The van der Waals surface area contributed by atoms with Crippen molar-refractivity contribution in [2.45, 2.75) is 17.1 Å². The van der Waals surface area contributed by atoms with E-state index in [0.717, 1.165) is 16.2 Å². The molecule has 5 rings (SSSR count). The van der Waals surface area contributed by atoms with Crippen molar-refractivity contribution in [2.24, 2.45) is 0 Å². The minimum absolute atomic E-state index is 0.0436. The molecule has 11 heteroatoms. The molecular weight excluding hydrogens is 631 g/mol. The number of rotatable bonds is 10. The first kappa shape index (κ1) is 31.6. The van der Waals surface area contributed by atoms with Crippen molar-refractivity contribution in [3.63, 3.8) is 0 Å². The van der Waals surface area contributed by atoms with Gasteiger partial charge in [-0.25, -0.2) is 9.37 Å². The van der Waals surface area contributed by atoms with E-state index in [1.807, 2.05) is 41.8 Å². The summed E-state index contributed by atoms with van der Waals surface area (Å²) in [5, 5.41) is 10.2. The summed E-state index contributed by atoms with van der Waals surface area (Å²) in [7, 11) is 0. The molecule has 5 aromatic rings. The van der Waals surface area contributed by atoms with Gasteiger partial charge in [0.2, 0.25) is 5.91 Å². The van der Waals surface area contributed by atoms with Crippen LogP contribution in [0.5, 0.6) is 0 Å². The molecule has 0 spiro atoms. The van der Waals surface area contributed by atoms with Gasteiger partial charge in [-0.05, 0) is 55.5 Å². The largest absolute Gasteiger partial charge is 0.321 e. The normalized spacial score (nSPS) is 11.8. The molecule has 7 nitrogen and oxygen atoms in total. The zero-order valence-electron chi connectivity index (χ0n) is 23.8. The van der Waals surface area contributed by atoms with Gasteiger partial charge in [0.05, 0.1) is 16.0 Å². The van der Waals surface area contributed by atoms with Crippen LogP contribution in [0.25, 0.3) is 17.3 Å². The number of hydrogen-bond acceptors (Lipinski definition) is 6.